The summed E-state index contributed by atoms with van der Waals surface area (Å²) in [5, 5.41) is 16.5. The van der Waals surface area contributed by atoms with Gasteiger partial charge in [-0.05, 0) is 24.3 Å². The van der Waals surface area contributed by atoms with Crippen LogP contribution in [-0.4, -0.2) is 35.5 Å². The van der Waals surface area contributed by atoms with Crippen molar-refractivity contribution in [2.75, 3.05) is 23.7 Å². The normalized spacial score (nSPS) is 14.3. The average Bonchev–Trinajstić information content (AvgIpc) is 3.09. The van der Waals surface area contributed by atoms with Gasteiger partial charge in [0.05, 0.1) is 19.0 Å². The van der Waals surface area contributed by atoms with Crippen LogP contribution in [0.2, 0.25) is 0 Å². The van der Waals surface area contributed by atoms with Crippen LogP contribution < -0.4 is 14.6 Å². The first kappa shape index (κ1) is 10.6. The Bertz CT molecular complexity index is 535. The summed E-state index contributed by atoms with van der Waals surface area (Å²) in [4.78, 5) is 1.90. The van der Waals surface area contributed by atoms with E-state index in [0.717, 1.165) is 17.3 Å². The molecule has 1 aromatic heterocycles. The highest BCUT2D eigenvalue weighted by Gasteiger charge is 2.18. The van der Waals surface area contributed by atoms with E-state index in [4.69, 9.17) is 4.74 Å². The first-order valence-corrected chi connectivity index (χ1v) is 5.45. The minimum atomic E-state index is 0.610. The van der Waals surface area contributed by atoms with Crippen LogP contribution >= 0.6 is 0 Å². The third kappa shape index (κ3) is 1.86. The summed E-state index contributed by atoms with van der Waals surface area (Å²) < 4.78 is 5.12. The lowest BCUT2D eigenvalue weighted by atomic mass is 10.3. The lowest BCUT2D eigenvalue weighted by molar-refractivity contribution is 0.415. The van der Waals surface area contributed by atoms with Crippen LogP contribution in [0.1, 0.15) is 0 Å². The second-order valence-electron chi connectivity index (χ2n) is 3.77. The molecule has 7 heteroatoms. The standard InChI is InChI=1S/C11H12N6O/c1-18-10-4-2-9(3-5-10)17-8-16(7-13-17)11-6-12-15-14-11/h2-7H,8H2,1H3,(H,12,14,15). The number of anilines is 2. The molecule has 0 saturated carbocycles. The number of nitrogens with zero attached hydrogens (tertiary/aromatic N) is 5. The summed E-state index contributed by atoms with van der Waals surface area (Å²) in [7, 11) is 1.65. The van der Waals surface area contributed by atoms with Gasteiger partial charge in [0.2, 0.25) is 0 Å². The number of hydrogen-bond acceptors (Lipinski definition) is 6. The van der Waals surface area contributed by atoms with Crippen molar-refractivity contribution in [3.05, 3.63) is 30.5 Å². The molecule has 0 saturated heterocycles. The van der Waals surface area contributed by atoms with Gasteiger partial charge in [-0.15, -0.1) is 5.10 Å². The minimum Gasteiger partial charge on any atom is -0.497 e. The number of nitrogens with one attached hydrogen (secondary N) is 1. The van der Waals surface area contributed by atoms with Crippen molar-refractivity contribution in [1.82, 2.24) is 15.4 Å². The van der Waals surface area contributed by atoms with Gasteiger partial charge in [-0.2, -0.15) is 15.4 Å². The van der Waals surface area contributed by atoms with E-state index >= 15 is 0 Å². The Labute approximate surface area is 104 Å². The van der Waals surface area contributed by atoms with Crippen molar-refractivity contribution in [2.45, 2.75) is 0 Å². The summed E-state index contributed by atoms with van der Waals surface area (Å²) in [6, 6.07) is 7.73. The van der Waals surface area contributed by atoms with E-state index in [9.17, 15) is 0 Å². The fraction of sp³-hybridized carbons (Fsp3) is 0.182. The molecule has 2 aromatic rings. The van der Waals surface area contributed by atoms with Crippen LogP contribution in [0.25, 0.3) is 0 Å². The summed E-state index contributed by atoms with van der Waals surface area (Å²) in [6.07, 6.45) is 3.38. The summed E-state index contributed by atoms with van der Waals surface area (Å²) in [5.74, 6) is 1.57. The predicted octanol–water partition coefficient (Wildman–Crippen LogP) is 1.04. The molecular formula is C11H12N6O. The van der Waals surface area contributed by atoms with Gasteiger partial charge in [0.15, 0.2) is 5.82 Å². The fourth-order valence-corrected chi connectivity index (χ4v) is 1.71. The van der Waals surface area contributed by atoms with Gasteiger partial charge in [0.25, 0.3) is 0 Å². The van der Waals surface area contributed by atoms with E-state index in [1.807, 2.05) is 34.2 Å². The topological polar surface area (TPSA) is 69.6 Å². The van der Waals surface area contributed by atoms with Gasteiger partial charge in [0, 0.05) is 0 Å². The molecule has 18 heavy (non-hydrogen) atoms. The molecule has 1 N–H and O–H groups in total. The number of hydrazone groups is 1. The van der Waals surface area contributed by atoms with Gasteiger partial charge in [0.1, 0.15) is 18.8 Å². The van der Waals surface area contributed by atoms with Crippen LogP contribution in [0.15, 0.2) is 35.6 Å². The minimum absolute atomic E-state index is 0.610. The largest absolute Gasteiger partial charge is 0.497 e. The lowest BCUT2D eigenvalue weighted by Gasteiger charge is -2.17. The van der Waals surface area contributed by atoms with Gasteiger partial charge in [-0.1, -0.05) is 0 Å². The molecule has 0 spiro atoms. The monoisotopic (exact) mass is 244 g/mol. The van der Waals surface area contributed by atoms with Crippen molar-refractivity contribution in [1.29, 1.82) is 0 Å². The highest BCUT2D eigenvalue weighted by Crippen LogP contribution is 2.22. The van der Waals surface area contributed by atoms with E-state index in [1.54, 1.807) is 19.6 Å². The Morgan fingerprint density at radius 3 is 2.78 bits per heavy atom. The van der Waals surface area contributed by atoms with E-state index in [0.29, 0.717) is 6.67 Å². The number of ether oxygens (including phenoxy) is 1. The molecule has 0 unspecified atom stereocenters. The van der Waals surface area contributed by atoms with Gasteiger partial charge >= 0.3 is 0 Å². The zero-order chi connectivity index (χ0) is 12.4. The maximum absolute atomic E-state index is 5.12. The first-order valence-electron chi connectivity index (χ1n) is 5.45. The molecule has 2 heterocycles. The van der Waals surface area contributed by atoms with E-state index in [1.165, 1.54) is 0 Å². The van der Waals surface area contributed by atoms with Gasteiger partial charge in [-0.3, -0.25) is 4.90 Å². The first-order chi connectivity index (χ1) is 8.86. The molecule has 7 nitrogen and oxygen atoms in total. The Kier molecular flexibility index (Phi) is 2.56. The number of benzene rings is 1. The highest BCUT2D eigenvalue weighted by atomic mass is 16.5. The summed E-state index contributed by atoms with van der Waals surface area (Å²) >= 11 is 0. The molecule has 1 aliphatic rings. The van der Waals surface area contributed by atoms with E-state index < -0.39 is 0 Å². The zero-order valence-electron chi connectivity index (χ0n) is 9.82. The number of H-pyrrole nitrogens is 1. The molecule has 0 amide bonds. The molecule has 3 rings (SSSR count). The summed E-state index contributed by atoms with van der Waals surface area (Å²) in [6.45, 7) is 0.610. The van der Waals surface area contributed by atoms with Crippen molar-refractivity contribution >= 4 is 17.8 Å². The number of aromatic nitrogens is 3. The van der Waals surface area contributed by atoms with Crippen molar-refractivity contribution in [2.24, 2.45) is 5.10 Å². The second-order valence-corrected chi connectivity index (χ2v) is 3.77. The highest BCUT2D eigenvalue weighted by molar-refractivity contribution is 5.81. The zero-order valence-corrected chi connectivity index (χ0v) is 9.82. The van der Waals surface area contributed by atoms with Gasteiger partial charge < -0.3 is 4.74 Å². The third-order valence-electron chi connectivity index (χ3n) is 2.68. The Morgan fingerprint density at radius 2 is 2.11 bits per heavy atom. The maximum Gasteiger partial charge on any atom is 0.177 e. The molecular weight excluding hydrogens is 232 g/mol. The van der Waals surface area contributed by atoms with Crippen LogP contribution in [0.3, 0.4) is 0 Å². The van der Waals surface area contributed by atoms with Crippen molar-refractivity contribution < 1.29 is 4.74 Å². The molecule has 0 bridgehead atoms. The molecule has 0 radical (unpaired) electrons. The summed E-state index contributed by atoms with van der Waals surface area (Å²) in [5.41, 5.74) is 0.998. The molecule has 0 atom stereocenters. The number of hydrogen-bond donors (Lipinski definition) is 1. The van der Waals surface area contributed by atoms with Crippen molar-refractivity contribution in [3.8, 4) is 5.75 Å². The van der Waals surface area contributed by atoms with Crippen LogP contribution in [-0.2, 0) is 0 Å². The Hall–Kier alpha value is -2.57. The number of methoxy groups -OCH3 is 1. The molecule has 0 aliphatic carbocycles. The Morgan fingerprint density at radius 1 is 1.28 bits per heavy atom. The van der Waals surface area contributed by atoms with E-state index in [2.05, 4.69) is 20.5 Å². The molecule has 92 valence electrons. The van der Waals surface area contributed by atoms with Gasteiger partial charge in [-0.25, -0.2) is 5.01 Å². The maximum atomic E-state index is 5.12. The third-order valence-corrected chi connectivity index (χ3v) is 2.68. The van der Waals surface area contributed by atoms with Crippen molar-refractivity contribution in [3.63, 3.8) is 0 Å². The van der Waals surface area contributed by atoms with Crippen LogP contribution in [0.5, 0.6) is 5.75 Å². The fourth-order valence-electron chi connectivity index (χ4n) is 1.71. The number of aromatic amines is 1. The van der Waals surface area contributed by atoms with Crippen LogP contribution in [0.4, 0.5) is 11.5 Å². The predicted molar refractivity (Wildman–Crippen MR) is 67.7 cm³/mol. The quantitative estimate of drug-likeness (QED) is 0.873. The average molecular weight is 244 g/mol. The number of rotatable bonds is 3. The smallest absolute Gasteiger partial charge is 0.177 e. The second kappa shape index (κ2) is 4.36. The van der Waals surface area contributed by atoms with E-state index in [-0.39, 0.29) is 0 Å². The molecule has 1 aromatic carbocycles. The Balaban J connectivity index is 1.74. The lowest BCUT2D eigenvalue weighted by Crippen LogP contribution is -2.26. The molecule has 0 fully saturated rings. The SMILES string of the molecule is COc1ccc(N2CN(c3cn[nH]n3)C=N2)cc1. The molecule has 1 aliphatic heterocycles. The van der Waals surface area contributed by atoms with Crippen LogP contribution in [0, 0.1) is 0 Å².